The molecule has 0 radical (unpaired) electrons. The maximum absolute atomic E-state index is 11.3. The number of benzene rings is 1. The van der Waals surface area contributed by atoms with Gasteiger partial charge in [-0.05, 0) is 60.1 Å². The molecule has 4 rings (SSSR count). The third kappa shape index (κ3) is 5.32. The highest BCUT2D eigenvalue weighted by atomic mass is 28.4. The molecule has 0 saturated carbocycles. The number of hydrogen-bond donors (Lipinski definition) is 1. The first-order chi connectivity index (χ1) is 17.0. The topological polar surface area (TPSA) is 105 Å². The second-order valence-corrected chi connectivity index (χ2v) is 15.2. The lowest BCUT2D eigenvalue weighted by Gasteiger charge is -2.36. The smallest absolute Gasteiger partial charge is 0.303 e. The summed E-state index contributed by atoms with van der Waals surface area (Å²) in [5.74, 6) is 0.663. The molecule has 0 aliphatic heterocycles. The van der Waals surface area contributed by atoms with Crippen molar-refractivity contribution in [3.8, 4) is 17.1 Å². The number of hydrogen-bond acceptors (Lipinski definition) is 7. The van der Waals surface area contributed by atoms with E-state index >= 15 is 0 Å². The Morgan fingerprint density at radius 2 is 1.75 bits per heavy atom. The number of pyridine rings is 2. The second-order valence-electron chi connectivity index (χ2n) is 10.3. The van der Waals surface area contributed by atoms with Gasteiger partial charge in [-0.2, -0.15) is 0 Å². The standard InChI is InChI=1S/C27H33N5O3Si/c1-18(33)34-17-20-11-14-23-26(30-20)32(25(31-23)22-8-7-15-29-24(22)28)21-12-9-19(10-13-21)16-35-36(5,6)27(2,3)4/h7-15H,16-17H2,1-6H3,(H2,28,29). The molecular weight excluding hydrogens is 470 g/mol. The number of imidazole rings is 1. The maximum Gasteiger partial charge on any atom is 0.303 e. The number of rotatable bonds is 7. The quantitative estimate of drug-likeness (QED) is 0.257. The normalized spacial score (nSPS) is 12.2. The van der Waals surface area contributed by atoms with Crippen LogP contribution in [0.15, 0.2) is 54.7 Å². The molecule has 0 aliphatic carbocycles. The van der Waals surface area contributed by atoms with Crippen molar-refractivity contribution in [2.75, 3.05) is 5.73 Å². The van der Waals surface area contributed by atoms with Gasteiger partial charge >= 0.3 is 5.97 Å². The number of carbonyl (C=O) groups excluding carboxylic acids is 1. The minimum absolute atomic E-state index is 0.0878. The largest absolute Gasteiger partial charge is 0.459 e. The van der Waals surface area contributed by atoms with Gasteiger partial charge < -0.3 is 14.9 Å². The van der Waals surface area contributed by atoms with E-state index in [4.69, 9.17) is 24.9 Å². The average molecular weight is 504 g/mol. The van der Waals surface area contributed by atoms with Gasteiger partial charge in [0.05, 0.1) is 17.9 Å². The first-order valence-electron chi connectivity index (χ1n) is 11.9. The van der Waals surface area contributed by atoms with Gasteiger partial charge in [0.15, 0.2) is 19.8 Å². The van der Waals surface area contributed by atoms with Crippen LogP contribution in [0.4, 0.5) is 5.82 Å². The van der Waals surface area contributed by atoms with Crippen LogP contribution in [-0.2, 0) is 27.2 Å². The van der Waals surface area contributed by atoms with Crippen molar-refractivity contribution in [1.82, 2.24) is 19.5 Å². The van der Waals surface area contributed by atoms with Crippen LogP contribution in [0.5, 0.6) is 0 Å². The molecule has 1 aromatic carbocycles. The fraction of sp³-hybridized carbons (Fsp3) is 0.333. The van der Waals surface area contributed by atoms with E-state index in [1.807, 2.05) is 34.9 Å². The van der Waals surface area contributed by atoms with E-state index in [0.717, 1.165) is 11.3 Å². The van der Waals surface area contributed by atoms with Gasteiger partial charge in [-0.3, -0.25) is 9.36 Å². The number of ether oxygens (including phenoxy) is 1. The Morgan fingerprint density at radius 1 is 1.03 bits per heavy atom. The summed E-state index contributed by atoms with van der Waals surface area (Å²) in [6, 6.07) is 15.6. The van der Waals surface area contributed by atoms with E-state index in [1.165, 1.54) is 6.92 Å². The Morgan fingerprint density at radius 3 is 2.39 bits per heavy atom. The fourth-order valence-corrected chi connectivity index (χ4v) is 4.47. The summed E-state index contributed by atoms with van der Waals surface area (Å²) in [5, 5.41) is 0.150. The zero-order valence-corrected chi connectivity index (χ0v) is 22.7. The summed E-state index contributed by atoms with van der Waals surface area (Å²) in [5.41, 5.74) is 10.9. The number of carbonyl (C=O) groups is 1. The lowest BCUT2D eigenvalue weighted by molar-refractivity contribution is -0.142. The maximum atomic E-state index is 11.3. The molecule has 0 aliphatic rings. The van der Waals surface area contributed by atoms with E-state index in [9.17, 15) is 4.79 Å². The molecule has 36 heavy (non-hydrogen) atoms. The molecule has 0 saturated heterocycles. The number of fused-ring (bicyclic) bond motifs is 1. The molecule has 3 heterocycles. The van der Waals surface area contributed by atoms with Crippen molar-refractivity contribution in [1.29, 1.82) is 0 Å². The third-order valence-corrected chi connectivity index (χ3v) is 11.1. The Hall–Kier alpha value is -3.56. The first kappa shape index (κ1) is 25.5. The fourth-order valence-electron chi connectivity index (χ4n) is 3.51. The van der Waals surface area contributed by atoms with Crippen LogP contribution < -0.4 is 5.73 Å². The summed E-state index contributed by atoms with van der Waals surface area (Å²) < 4.78 is 13.5. The number of nitrogens with zero attached hydrogens (tertiary/aromatic N) is 4. The SMILES string of the molecule is CC(=O)OCc1ccc2nc(-c3cccnc3N)n(-c3ccc(CO[Si](C)(C)C(C)(C)C)cc3)c2n1. The van der Waals surface area contributed by atoms with Crippen LogP contribution in [0.1, 0.15) is 39.0 Å². The first-order valence-corrected chi connectivity index (χ1v) is 14.8. The lowest BCUT2D eigenvalue weighted by Crippen LogP contribution is -2.40. The molecule has 4 aromatic rings. The van der Waals surface area contributed by atoms with Crippen molar-refractivity contribution in [3.05, 3.63) is 66.0 Å². The Kier molecular flexibility index (Phi) is 6.97. The van der Waals surface area contributed by atoms with Crippen LogP contribution in [-0.4, -0.2) is 33.8 Å². The van der Waals surface area contributed by atoms with Gasteiger partial charge in [0.2, 0.25) is 0 Å². The number of nitrogens with two attached hydrogens (primary N) is 1. The molecule has 8 nitrogen and oxygen atoms in total. The van der Waals surface area contributed by atoms with Crippen molar-refractivity contribution in [3.63, 3.8) is 0 Å². The van der Waals surface area contributed by atoms with Crippen molar-refractivity contribution in [2.24, 2.45) is 0 Å². The van der Waals surface area contributed by atoms with Crippen LogP contribution in [0, 0.1) is 0 Å². The van der Waals surface area contributed by atoms with Crippen molar-refractivity contribution >= 4 is 31.3 Å². The Balaban J connectivity index is 1.75. The van der Waals surface area contributed by atoms with Crippen LogP contribution in [0.2, 0.25) is 18.1 Å². The summed E-state index contributed by atoms with van der Waals surface area (Å²) in [6.07, 6.45) is 1.65. The van der Waals surface area contributed by atoms with E-state index in [2.05, 4.69) is 51.0 Å². The zero-order chi connectivity index (χ0) is 26.1. The average Bonchev–Trinajstić information content (AvgIpc) is 3.20. The van der Waals surface area contributed by atoms with E-state index in [-0.39, 0.29) is 17.6 Å². The van der Waals surface area contributed by atoms with Gasteiger partial charge in [0.25, 0.3) is 0 Å². The van der Waals surface area contributed by atoms with E-state index in [1.54, 1.807) is 12.3 Å². The molecule has 0 atom stereocenters. The van der Waals surface area contributed by atoms with Gasteiger partial charge in [-0.25, -0.2) is 15.0 Å². The van der Waals surface area contributed by atoms with Gasteiger partial charge in [-0.1, -0.05) is 32.9 Å². The van der Waals surface area contributed by atoms with Crippen molar-refractivity contribution < 1.29 is 14.0 Å². The third-order valence-electron chi connectivity index (χ3n) is 6.67. The lowest BCUT2D eigenvalue weighted by atomic mass is 10.2. The highest BCUT2D eigenvalue weighted by Crippen LogP contribution is 2.37. The predicted molar refractivity (Wildman–Crippen MR) is 144 cm³/mol. The van der Waals surface area contributed by atoms with Crippen molar-refractivity contribution in [2.45, 2.75) is 59.0 Å². The number of esters is 1. The molecule has 0 spiro atoms. The predicted octanol–water partition coefficient (Wildman–Crippen LogP) is 5.65. The minimum atomic E-state index is -1.85. The number of aromatic nitrogens is 4. The van der Waals surface area contributed by atoms with Crippen LogP contribution in [0.25, 0.3) is 28.2 Å². The van der Waals surface area contributed by atoms with E-state index < -0.39 is 8.32 Å². The molecule has 0 amide bonds. The highest BCUT2D eigenvalue weighted by molar-refractivity contribution is 6.74. The minimum Gasteiger partial charge on any atom is -0.459 e. The highest BCUT2D eigenvalue weighted by Gasteiger charge is 2.37. The summed E-state index contributed by atoms with van der Waals surface area (Å²) in [7, 11) is -1.85. The molecular formula is C27H33N5O3Si. The van der Waals surface area contributed by atoms with Gasteiger partial charge in [0.1, 0.15) is 17.9 Å². The summed E-state index contributed by atoms with van der Waals surface area (Å²) in [4.78, 5) is 25.1. The number of anilines is 1. The molecule has 3 aromatic heterocycles. The Labute approximate surface area is 212 Å². The molecule has 9 heteroatoms. The van der Waals surface area contributed by atoms with Gasteiger partial charge in [-0.15, -0.1) is 0 Å². The summed E-state index contributed by atoms with van der Waals surface area (Å²) in [6.45, 7) is 13.2. The van der Waals surface area contributed by atoms with Crippen LogP contribution in [0.3, 0.4) is 0 Å². The molecule has 2 N–H and O–H groups in total. The zero-order valence-electron chi connectivity index (χ0n) is 21.7. The molecule has 0 unspecified atom stereocenters. The number of nitrogen functional groups attached to an aromatic ring is 1. The summed E-state index contributed by atoms with van der Waals surface area (Å²) >= 11 is 0. The van der Waals surface area contributed by atoms with Crippen LogP contribution >= 0.6 is 0 Å². The second kappa shape index (κ2) is 9.83. The molecule has 0 fully saturated rings. The van der Waals surface area contributed by atoms with Gasteiger partial charge in [0, 0.05) is 18.8 Å². The Bertz CT molecular complexity index is 1390. The molecule has 0 bridgehead atoms. The monoisotopic (exact) mass is 503 g/mol. The molecule has 188 valence electrons. The van der Waals surface area contributed by atoms with E-state index in [0.29, 0.717) is 40.7 Å².